The van der Waals surface area contributed by atoms with Gasteiger partial charge in [0.2, 0.25) is 0 Å². The van der Waals surface area contributed by atoms with Crippen molar-refractivity contribution in [3.05, 3.63) is 166 Å². The van der Waals surface area contributed by atoms with E-state index in [1.54, 1.807) is 0 Å². The highest BCUT2D eigenvalue weighted by atomic mass is 16.5. The first kappa shape index (κ1) is 28.0. The number of rotatable bonds is 3. The molecule has 3 aromatic carbocycles. The van der Waals surface area contributed by atoms with E-state index in [0.717, 1.165) is 61.0 Å². The molecule has 0 saturated heterocycles. The van der Waals surface area contributed by atoms with Gasteiger partial charge in [-0.3, -0.25) is 0 Å². The zero-order valence-corrected chi connectivity index (χ0v) is 27.1. The highest BCUT2D eigenvalue weighted by molar-refractivity contribution is 5.87. The van der Waals surface area contributed by atoms with Crippen LogP contribution in [0.5, 0.6) is 0 Å². The molecule has 0 amide bonds. The maximum atomic E-state index is 7.29. The summed E-state index contributed by atoms with van der Waals surface area (Å²) >= 11 is 0. The number of allylic oxidation sites excluding steroid dienone is 9. The Hall–Kier alpha value is -5.02. The van der Waals surface area contributed by atoms with Gasteiger partial charge in [0.15, 0.2) is 0 Å². The highest BCUT2D eigenvalue weighted by Gasteiger charge is 2.56. The molecule has 4 aromatic rings. The first-order valence-electron chi connectivity index (χ1n) is 17.8. The normalized spacial score (nSPS) is 25.5. The molecule has 3 nitrogen and oxygen atoms in total. The van der Waals surface area contributed by atoms with Gasteiger partial charge < -0.3 is 4.74 Å². The Kier molecular flexibility index (Phi) is 6.44. The number of hydrogen-bond acceptors (Lipinski definition) is 3. The molecule has 2 heterocycles. The molecule has 234 valence electrons. The summed E-state index contributed by atoms with van der Waals surface area (Å²) in [5.74, 6) is 2.45. The third-order valence-electron chi connectivity index (χ3n) is 11.5. The molecule has 4 unspecified atom stereocenters. The summed E-state index contributed by atoms with van der Waals surface area (Å²) in [6.07, 6.45) is 27.4. The molecule has 1 spiro atoms. The van der Waals surface area contributed by atoms with Gasteiger partial charge in [-0.25, -0.2) is 9.97 Å². The molecule has 48 heavy (non-hydrogen) atoms. The molecule has 3 heteroatoms. The SMILES string of the molecule is C1=CC(c2nc(-c3ccccc3)c3c(n2)=CCCC=3)C(C2CC=CC3=C2OC2CCCC=C2C32c3ccccc3-c3ccccc32)C=C1. The van der Waals surface area contributed by atoms with Crippen LogP contribution in [0.2, 0.25) is 0 Å². The summed E-state index contributed by atoms with van der Waals surface area (Å²) in [6, 6.07) is 28.9. The molecule has 0 saturated carbocycles. The number of aromatic nitrogens is 2. The first-order valence-corrected chi connectivity index (χ1v) is 17.8. The number of hydrogen-bond donors (Lipinski definition) is 0. The lowest BCUT2D eigenvalue weighted by Gasteiger charge is -2.49. The van der Waals surface area contributed by atoms with Crippen LogP contribution in [-0.2, 0) is 10.2 Å². The van der Waals surface area contributed by atoms with Gasteiger partial charge in [-0.15, -0.1) is 0 Å². The largest absolute Gasteiger partial charge is 0.490 e. The minimum atomic E-state index is -0.335. The van der Waals surface area contributed by atoms with Gasteiger partial charge in [0.25, 0.3) is 0 Å². The van der Waals surface area contributed by atoms with Crippen molar-refractivity contribution in [2.45, 2.75) is 56.0 Å². The lowest BCUT2D eigenvalue weighted by Crippen LogP contribution is -2.45. The molecule has 0 N–H and O–H groups in total. The zero-order chi connectivity index (χ0) is 31.7. The fraction of sp³-hybridized carbons (Fsp3) is 0.244. The van der Waals surface area contributed by atoms with Crippen LogP contribution in [0.4, 0.5) is 0 Å². The average molecular weight is 623 g/mol. The zero-order valence-electron chi connectivity index (χ0n) is 27.1. The number of benzene rings is 3. The lowest BCUT2D eigenvalue weighted by molar-refractivity contribution is 0.0699. The molecule has 0 bridgehead atoms. The van der Waals surface area contributed by atoms with Crippen molar-refractivity contribution >= 4 is 12.2 Å². The van der Waals surface area contributed by atoms with E-state index in [9.17, 15) is 0 Å². The summed E-state index contributed by atoms with van der Waals surface area (Å²) in [5, 5.41) is 2.24. The number of ether oxygens (including phenoxy) is 1. The summed E-state index contributed by atoms with van der Waals surface area (Å²) in [5.41, 5.74) is 10.1. The van der Waals surface area contributed by atoms with Crippen LogP contribution in [0, 0.1) is 11.8 Å². The van der Waals surface area contributed by atoms with E-state index in [1.165, 1.54) is 44.4 Å². The molecule has 1 aliphatic heterocycles. The second-order valence-corrected chi connectivity index (χ2v) is 14.0. The minimum absolute atomic E-state index is 0.0364. The number of fused-ring (bicyclic) bond motifs is 9. The van der Waals surface area contributed by atoms with E-state index in [2.05, 4.69) is 134 Å². The third kappa shape index (κ3) is 4.00. The fourth-order valence-electron chi connectivity index (χ4n) is 9.57. The van der Waals surface area contributed by atoms with Crippen molar-refractivity contribution in [3.63, 3.8) is 0 Å². The van der Waals surface area contributed by atoms with Crippen LogP contribution in [0.3, 0.4) is 0 Å². The van der Waals surface area contributed by atoms with Crippen molar-refractivity contribution in [2.24, 2.45) is 11.8 Å². The molecular formula is C45H38N2O. The van der Waals surface area contributed by atoms with E-state index in [4.69, 9.17) is 14.7 Å². The highest BCUT2D eigenvalue weighted by Crippen LogP contribution is 2.63. The van der Waals surface area contributed by atoms with Crippen LogP contribution < -0.4 is 10.6 Å². The van der Waals surface area contributed by atoms with Gasteiger partial charge in [0.05, 0.1) is 16.5 Å². The molecule has 1 aromatic heterocycles. The van der Waals surface area contributed by atoms with E-state index in [1.807, 2.05) is 0 Å². The first-order chi connectivity index (χ1) is 23.8. The Morgan fingerprint density at radius 2 is 1.48 bits per heavy atom. The van der Waals surface area contributed by atoms with Crippen LogP contribution in [-0.4, -0.2) is 16.1 Å². The van der Waals surface area contributed by atoms with Gasteiger partial charge in [-0.05, 0) is 66.4 Å². The summed E-state index contributed by atoms with van der Waals surface area (Å²) in [4.78, 5) is 10.7. The van der Waals surface area contributed by atoms with Crippen LogP contribution >= 0.6 is 0 Å². The molecule has 5 aliphatic carbocycles. The van der Waals surface area contributed by atoms with Gasteiger partial charge >= 0.3 is 0 Å². The van der Waals surface area contributed by atoms with Crippen molar-refractivity contribution in [2.75, 3.05) is 0 Å². The summed E-state index contributed by atoms with van der Waals surface area (Å²) < 4.78 is 7.29. The van der Waals surface area contributed by atoms with Gasteiger partial charge in [-0.2, -0.15) is 0 Å². The Labute approximate surface area is 282 Å². The molecule has 0 radical (unpaired) electrons. The van der Waals surface area contributed by atoms with E-state index < -0.39 is 0 Å². The lowest BCUT2D eigenvalue weighted by atomic mass is 9.59. The Bertz CT molecular complexity index is 2210. The Morgan fingerprint density at radius 1 is 0.729 bits per heavy atom. The molecule has 4 atom stereocenters. The fourth-order valence-corrected chi connectivity index (χ4v) is 9.57. The number of nitrogens with zero attached hydrogens (tertiary/aromatic N) is 2. The topological polar surface area (TPSA) is 35.0 Å². The van der Waals surface area contributed by atoms with E-state index >= 15 is 0 Å². The van der Waals surface area contributed by atoms with Crippen molar-refractivity contribution in [3.8, 4) is 22.4 Å². The minimum Gasteiger partial charge on any atom is -0.490 e. The Balaban J connectivity index is 1.16. The van der Waals surface area contributed by atoms with Gasteiger partial charge in [0.1, 0.15) is 17.7 Å². The predicted octanol–water partition coefficient (Wildman–Crippen LogP) is 8.63. The van der Waals surface area contributed by atoms with Gasteiger partial charge in [0, 0.05) is 34.1 Å². The predicted molar refractivity (Wildman–Crippen MR) is 193 cm³/mol. The van der Waals surface area contributed by atoms with E-state index in [0.29, 0.717) is 0 Å². The Morgan fingerprint density at radius 3 is 2.31 bits per heavy atom. The van der Waals surface area contributed by atoms with Gasteiger partial charge in [-0.1, -0.05) is 134 Å². The molecule has 0 fully saturated rings. The summed E-state index contributed by atoms with van der Waals surface area (Å²) in [7, 11) is 0. The maximum Gasteiger partial charge on any atom is 0.137 e. The van der Waals surface area contributed by atoms with Crippen LogP contribution in [0.1, 0.15) is 61.4 Å². The molecule has 10 rings (SSSR count). The maximum absolute atomic E-state index is 7.29. The summed E-state index contributed by atoms with van der Waals surface area (Å²) in [6.45, 7) is 0. The van der Waals surface area contributed by atoms with Crippen LogP contribution in [0.15, 0.2) is 138 Å². The smallest absolute Gasteiger partial charge is 0.137 e. The third-order valence-corrected chi connectivity index (χ3v) is 11.5. The quantitative estimate of drug-likeness (QED) is 0.215. The average Bonchev–Trinajstić information content (AvgIpc) is 3.45. The molecule has 6 aliphatic rings. The standard InChI is InChI=1S/C45H38N2O/c1-2-15-29(16-3-1)42-35-21-8-12-27-40(35)46-44(47-42)34-20-5-4-17-30(34)33-22-14-26-39-43(33)48-41-28-13-11-25-38(41)45(39)36-23-9-6-18-31(36)32-19-7-10-24-37(32)45/h1-7,9-10,14-21,23-27,30,33-34,41H,8,11-13,22,28H2. The molecular weight excluding hydrogens is 585 g/mol. The monoisotopic (exact) mass is 622 g/mol. The van der Waals surface area contributed by atoms with Crippen molar-refractivity contribution in [1.29, 1.82) is 0 Å². The van der Waals surface area contributed by atoms with Crippen molar-refractivity contribution in [1.82, 2.24) is 9.97 Å². The van der Waals surface area contributed by atoms with Crippen LogP contribution in [0.25, 0.3) is 34.5 Å². The second kappa shape index (κ2) is 11.0. The van der Waals surface area contributed by atoms with Crippen molar-refractivity contribution < 1.29 is 4.74 Å². The second-order valence-electron chi connectivity index (χ2n) is 14.0. The van der Waals surface area contributed by atoms with E-state index in [-0.39, 0.29) is 29.3 Å².